The lowest BCUT2D eigenvalue weighted by Gasteiger charge is -2.13. The Morgan fingerprint density at radius 3 is 3.06 bits per heavy atom. The summed E-state index contributed by atoms with van der Waals surface area (Å²) < 4.78 is 2.19. The van der Waals surface area contributed by atoms with Crippen LogP contribution in [-0.2, 0) is 13.1 Å². The molecular weight excluding hydrogens is 214 g/mol. The summed E-state index contributed by atoms with van der Waals surface area (Å²) in [6.45, 7) is 6.15. The first-order chi connectivity index (χ1) is 8.31. The van der Waals surface area contributed by atoms with Crippen molar-refractivity contribution in [2.45, 2.75) is 39.4 Å². The van der Waals surface area contributed by atoms with Crippen molar-refractivity contribution in [3.05, 3.63) is 36.2 Å². The highest BCUT2D eigenvalue weighted by molar-refractivity contribution is 5.08. The van der Waals surface area contributed by atoms with Crippen LogP contribution in [0.4, 0.5) is 0 Å². The highest BCUT2D eigenvalue weighted by Gasteiger charge is 2.07. The molecular formula is C12H19N5. The standard InChI is InChI=1S/C12H19N5/c1-3-4-17-9-13-7-12(17)8-14-10(2)11-5-15-16-6-11/h5-7,9-10,14H,3-4,8H2,1-2H3,(H,15,16). The fourth-order valence-corrected chi connectivity index (χ4v) is 1.81. The van der Waals surface area contributed by atoms with E-state index in [0.717, 1.165) is 19.5 Å². The summed E-state index contributed by atoms with van der Waals surface area (Å²) in [7, 11) is 0. The second kappa shape index (κ2) is 5.63. The van der Waals surface area contributed by atoms with E-state index in [1.54, 1.807) is 0 Å². The Morgan fingerprint density at radius 1 is 1.47 bits per heavy atom. The van der Waals surface area contributed by atoms with Crippen molar-refractivity contribution < 1.29 is 0 Å². The van der Waals surface area contributed by atoms with Crippen LogP contribution < -0.4 is 5.32 Å². The SMILES string of the molecule is CCCn1cncc1CNC(C)c1cn[nH]c1. The first kappa shape index (κ1) is 11.9. The third kappa shape index (κ3) is 2.94. The molecule has 5 heteroatoms. The topological polar surface area (TPSA) is 58.5 Å². The molecule has 1 atom stereocenters. The molecule has 2 aromatic heterocycles. The van der Waals surface area contributed by atoms with E-state index in [1.165, 1.54) is 11.3 Å². The lowest BCUT2D eigenvalue weighted by molar-refractivity contribution is 0.542. The normalized spacial score (nSPS) is 12.8. The summed E-state index contributed by atoms with van der Waals surface area (Å²) in [5.74, 6) is 0. The van der Waals surface area contributed by atoms with Crippen LogP contribution >= 0.6 is 0 Å². The lowest BCUT2D eigenvalue weighted by atomic mass is 10.2. The molecule has 2 rings (SSSR count). The molecule has 0 bridgehead atoms. The maximum absolute atomic E-state index is 4.19. The van der Waals surface area contributed by atoms with Crippen molar-refractivity contribution in [1.82, 2.24) is 25.1 Å². The molecule has 2 aromatic rings. The van der Waals surface area contributed by atoms with E-state index in [4.69, 9.17) is 0 Å². The maximum atomic E-state index is 4.19. The van der Waals surface area contributed by atoms with E-state index in [0.29, 0.717) is 6.04 Å². The molecule has 1 unspecified atom stereocenters. The van der Waals surface area contributed by atoms with Crippen molar-refractivity contribution >= 4 is 0 Å². The Balaban J connectivity index is 1.91. The van der Waals surface area contributed by atoms with Gasteiger partial charge in [0.15, 0.2) is 0 Å². The fourth-order valence-electron chi connectivity index (χ4n) is 1.81. The van der Waals surface area contributed by atoms with Gasteiger partial charge in [0, 0.05) is 37.1 Å². The van der Waals surface area contributed by atoms with Gasteiger partial charge in [0.05, 0.1) is 18.2 Å². The molecule has 17 heavy (non-hydrogen) atoms. The number of aryl methyl sites for hydroxylation is 1. The van der Waals surface area contributed by atoms with Gasteiger partial charge in [0.2, 0.25) is 0 Å². The molecule has 0 aliphatic heterocycles. The minimum Gasteiger partial charge on any atom is -0.333 e. The summed E-state index contributed by atoms with van der Waals surface area (Å²) in [6, 6.07) is 0.290. The Bertz CT molecular complexity index is 431. The molecule has 0 aromatic carbocycles. The van der Waals surface area contributed by atoms with Crippen molar-refractivity contribution in [3.8, 4) is 0 Å². The van der Waals surface area contributed by atoms with Crippen molar-refractivity contribution in [3.63, 3.8) is 0 Å². The van der Waals surface area contributed by atoms with Gasteiger partial charge in [-0.1, -0.05) is 6.92 Å². The van der Waals surface area contributed by atoms with Gasteiger partial charge in [-0.25, -0.2) is 4.98 Å². The lowest BCUT2D eigenvalue weighted by Crippen LogP contribution is -2.19. The van der Waals surface area contributed by atoms with Gasteiger partial charge in [-0.3, -0.25) is 5.10 Å². The minimum atomic E-state index is 0.290. The fraction of sp³-hybridized carbons (Fsp3) is 0.500. The van der Waals surface area contributed by atoms with Gasteiger partial charge in [0.25, 0.3) is 0 Å². The molecule has 0 radical (unpaired) electrons. The first-order valence-corrected chi connectivity index (χ1v) is 6.02. The number of rotatable bonds is 6. The average Bonchev–Trinajstić information content (AvgIpc) is 2.97. The number of aromatic nitrogens is 4. The van der Waals surface area contributed by atoms with Crippen LogP contribution in [0.3, 0.4) is 0 Å². The average molecular weight is 233 g/mol. The van der Waals surface area contributed by atoms with E-state index in [1.807, 2.05) is 24.9 Å². The number of nitrogens with zero attached hydrogens (tertiary/aromatic N) is 3. The second-order valence-electron chi connectivity index (χ2n) is 4.21. The molecule has 5 nitrogen and oxygen atoms in total. The summed E-state index contributed by atoms with van der Waals surface area (Å²) >= 11 is 0. The van der Waals surface area contributed by atoms with Gasteiger partial charge in [-0.15, -0.1) is 0 Å². The monoisotopic (exact) mass is 233 g/mol. The van der Waals surface area contributed by atoms with Crippen LogP contribution in [0.25, 0.3) is 0 Å². The van der Waals surface area contributed by atoms with Crippen LogP contribution in [-0.4, -0.2) is 19.7 Å². The third-order valence-corrected chi connectivity index (χ3v) is 2.87. The van der Waals surface area contributed by atoms with Gasteiger partial charge in [0.1, 0.15) is 0 Å². The number of imidazole rings is 1. The van der Waals surface area contributed by atoms with E-state index in [-0.39, 0.29) is 0 Å². The molecule has 92 valence electrons. The zero-order valence-corrected chi connectivity index (χ0v) is 10.3. The maximum Gasteiger partial charge on any atom is 0.0948 e. The molecule has 0 saturated heterocycles. The molecule has 2 heterocycles. The molecule has 0 amide bonds. The molecule has 0 saturated carbocycles. The minimum absolute atomic E-state index is 0.290. The largest absolute Gasteiger partial charge is 0.333 e. The number of aromatic amines is 1. The predicted molar refractivity (Wildman–Crippen MR) is 66.4 cm³/mol. The number of nitrogens with one attached hydrogen (secondary N) is 2. The number of H-pyrrole nitrogens is 1. The van der Waals surface area contributed by atoms with Crippen LogP contribution in [0.1, 0.15) is 37.6 Å². The van der Waals surface area contributed by atoms with E-state index >= 15 is 0 Å². The van der Waals surface area contributed by atoms with E-state index in [2.05, 4.69) is 38.9 Å². The Morgan fingerprint density at radius 2 is 2.35 bits per heavy atom. The smallest absolute Gasteiger partial charge is 0.0948 e. The summed E-state index contributed by atoms with van der Waals surface area (Å²) in [5, 5.41) is 10.2. The highest BCUT2D eigenvalue weighted by Crippen LogP contribution is 2.10. The molecule has 2 N–H and O–H groups in total. The molecule has 0 aliphatic carbocycles. The first-order valence-electron chi connectivity index (χ1n) is 6.02. The summed E-state index contributed by atoms with van der Waals surface area (Å²) in [6.07, 6.45) is 8.70. The van der Waals surface area contributed by atoms with Gasteiger partial charge in [-0.05, 0) is 13.3 Å². The zero-order valence-electron chi connectivity index (χ0n) is 10.3. The zero-order chi connectivity index (χ0) is 12.1. The van der Waals surface area contributed by atoms with Crippen molar-refractivity contribution in [2.75, 3.05) is 0 Å². The van der Waals surface area contributed by atoms with Crippen LogP contribution in [0.5, 0.6) is 0 Å². The van der Waals surface area contributed by atoms with Crippen LogP contribution in [0.2, 0.25) is 0 Å². The van der Waals surface area contributed by atoms with E-state index < -0.39 is 0 Å². The molecule has 0 spiro atoms. The van der Waals surface area contributed by atoms with Crippen LogP contribution in [0, 0.1) is 0 Å². The number of hydrogen-bond donors (Lipinski definition) is 2. The van der Waals surface area contributed by atoms with Crippen molar-refractivity contribution in [2.24, 2.45) is 0 Å². The van der Waals surface area contributed by atoms with E-state index in [9.17, 15) is 0 Å². The molecule has 0 aliphatic rings. The third-order valence-electron chi connectivity index (χ3n) is 2.87. The van der Waals surface area contributed by atoms with Gasteiger partial charge >= 0.3 is 0 Å². The van der Waals surface area contributed by atoms with Crippen LogP contribution in [0.15, 0.2) is 24.9 Å². The van der Waals surface area contributed by atoms with Crippen molar-refractivity contribution in [1.29, 1.82) is 0 Å². The Labute approximate surface area is 101 Å². The highest BCUT2D eigenvalue weighted by atomic mass is 15.1. The quantitative estimate of drug-likeness (QED) is 0.800. The summed E-state index contributed by atoms with van der Waals surface area (Å²) in [4.78, 5) is 4.19. The Hall–Kier alpha value is -1.62. The predicted octanol–water partition coefficient (Wildman–Crippen LogP) is 1.87. The summed E-state index contributed by atoms with van der Waals surface area (Å²) in [5.41, 5.74) is 2.40. The second-order valence-corrected chi connectivity index (χ2v) is 4.21. The number of hydrogen-bond acceptors (Lipinski definition) is 3. The van der Waals surface area contributed by atoms with Gasteiger partial charge in [-0.2, -0.15) is 5.10 Å². The Kier molecular flexibility index (Phi) is 3.93. The van der Waals surface area contributed by atoms with Gasteiger partial charge < -0.3 is 9.88 Å². The molecule has 0 fully saturated rings.